The highest BCUT2D eigenvalue weighted by Crippen LogP contribution is 2.36. The number of hydrogen-bond donors (Lipinski definition) is 1. The Morgan fingerprint density at radius 1 is 0.955 bits per heavy atom. The summed E-state index contributed by atoms with van der Waals surface area (Å²) in [5.41, 5.74) is -1.06. The van der Waals surface area contributed by atoms with Crippen LogP contribution in [0.15, 0.2) is 12.1 Å². The number of rotatable bonds is 2. The zero-order valence-corrected chi connectivity index (χ0v) is 13.2. The zero-order valence-electron chi connectivity index (χ0n) is 10.2. The molecule has 0 aliphatic rings. The molecule has 0 saturated heterocycles. The molecule has 0 bridgehead atoms. The van der Waals surface area contributed by atoms with Crippen LogP contribution in [0.1, 0.15) is 10.5 Å². The van der Waals surface area contributed by atoms with Crippen molar-refractivity contribution in [1.82, 2.24) is 4.98 Å². The summed E-state index contributed by atoms with van der Waals surface area (Å²) in [6, 6.07) is 1.48. The Labute approximate surface area is 141 Å². The Balaban J connectivity index is 2.41. The van der Waals surface area contributed by atoms with Crippen LogP contribution in [0.5, 0.6) is 0 Å². The van der Waals surface area contributed by atoms with Crippen LogP contribution in [0.25, 0.3) is 0 Å². The van der Waals surface area contributed by atoms with E-state index in [1.807, 2.05) is 5.32 Å². The third kappa shape index (κ3) is 3.10. The number of nitrogens with one attached hydrogen (secondary N) is 1. The van der Waals surface area contributed by atoms with Gasteiger partial charge in [0.1, 0.15) is 10.8 Å². The number of benzene rings is 1. The summed E-state index contributed by atoms with van der Waals surface area (Å²) in [5.74, 6) is -5.74. The van der Waals surface area contributed by atoms with E-state index in [0.29, 0.717) is 6.07 Å². The molecule has 1 amide bonds. The van der Waals surface area contributed by atoms with E-state index in [1.54, 1.807) is 0 Å². The first kappa shape index (κ1) is 17.1. The second-order valence-corrected chi connectivity index (χ2v) is 5.36. The number of hydrogen-bond acceptors (Lipinski definition) is 2. The van der Waals surface area contributed by atoms with E-state index in [1.165, 1.54) is 0 Å². The first-order valence-electron chi connectivity index (χ1n) is 5.38. The van der Waals surface area contributed by atoms with Crippen molar-refractivity contribution in [3.05, 3.63) is 55.5 Å². The fourth-order valence-corrected chi connectivity index (χ4v) is 2.26. The fourth-order valence-electron chi connectivity index (χ4n) is 1.44. The van der Waals surface area contributed by atoms with Crippen molar-refractivity contribution in [3.8, 4) is 0 Å². The number of anilines is 1. The minimum Gasteiger partial charge on any atom is -0.318 e. The van der Waals surface area contributed by atoms with Crippen molar-refractivity contribution in [1.29, 1.82) is 0 Å². The van der Waals surface area contributed by atoms with E-state index >= 15 is 0 Å². The molecule has 0 saturated carbocycles. The van der Waals surface area contributed by atoms with E-state index in [-0.39, 0.29) is 20.2 Å². The van der Waals surface area contributed by atoms with Gasteiger partial charge in [-0.25, -0.2) is 18.2 Å². The normalized spacial score (nSPS) is 10.7. The van der Waals surface area contributed by atoms with Crippen molar-refractivity contribution in [2.45, 2.75) is 0 Å². The standard InChI is InChI=1S/C12H3Cl4F3N2O/c13-5-6(14)10(21-11(16)7(5)15)12(22)20-4-2-1-3(17)8(18)9(4)19/h1-2H,(H,20,22). The first-order chi connectivity index (χ1) is 10.2. The Morgan fingerprint density at radius 3 is 2.23 bits per heavy atom. The highest BCUT2D eigenvalue weighted by Gasteiger charge is 2.22. The number of carbonyl (C=O) groups excluding carboxylic acids is 1. The highest BCUT2D eigenvalue weighted by atomic mass is 35.5. The van der Waals surface area contributed by atoms with Crippen LogP contribution < -0.4 is 5.32 Å². The SMILES string of the molecule is O=C(Nc1ccc(F)c(F)c1F)c1nc(Cl)c(Cl)c(Cl)c1Cl. The van der Waals surface area contributed by atoms with Gasteiger partial charge >= 0.3 is 0 Å². The Hall–Kier alpha value is -1.21. The van der Waals surface area contributed by atoms with Gasteiger partial charge in [0.15, 0.2) is 17.5 Å². The van der Waals surface area contributed by atoms with Gasteiger partial charge in [-0.15, -0.1) is 0 Å². The topological polar surface area (TPSA) is 42.0 Å². The smallest absolute Gasteiger partial charge is 0.276 e. The number of amides is 1. The lowest BCUT2D eigenvalue weighted by Crippen LogP contribution is -2.16. The second-order valence-electron chi connectivity index (χ2n) is 3.87. The van der Waals surface area contributed by atoms with Gasteiger partial charge in [-0.3, -0.25) is 4.79 Å². The number of carbonyl (C=O) groups is 1. The lowest BCUT2D eigenvalue weighted by molar-refractivity contribution is 0.102. The Kier molecular flexibility index (Phi) is 5.07. The second kappa shape index (κ2) is 6.50. The minimum atomic E-state index is -1.73. The average Bonchev–Trinajstić information content (AvgIpc) is 2.49. The minimum absolute atomic E-state index is 0.163. The maximum absolute atomic E-state index is 13.5. The predicted molar refractivity (Wildman–Crippen MR) is 78.5 cm³/mol. The molecule has 0 aliphatic carbocycles. The molecule has 0 atom stereocenters. The third-order valence-electron chi connectivity index (χ3n) is 2.48. The Morgan fingerprint density at radius 2 is 1.59 bits per heavy atom. The van der Waals surface area contributed by atoms with E-state index in [0.717, 1.165) is 6.07 Å². The van der Waals surface area contributed by atoms with E-state index in [9.17, 15) is 18.0 Å². The summed E-state index contributed by atoms with van der Waals surface area (Å²) in [5, 5.41) is 0.974. The maximum Gasteiger partial charge on any atom is 0.276 e. The van der Waals surface area contributed by atoms with Crippen LogP contribution in [0.3, 0.4) is 0 Å². The van der Waals surface area contributed by atoms with Gasteiger partial charge in [0.2, 0.25) is 0 Å². The van der Waals surface area contributed by atoms with Crippen molar-refractivity contribution in [2.24, 2.45) is 0 Å². The number of pyridine rings is 1. The van der Waals surface area contributed by atoms with E-state index in [2.05, 4.69) is 4.98 Å². The maximum atomic E-state index is 13.5. The van der Waals surface area contributed by atoms with Gasteiger partial charge in [-0.2, -0.15) is 0 Å². The van der Waals surface area contributed by atoms with Gasteiger partial charge in [-0.05, 0) is 12.1 Å². The van der Waals surface area contributed by atoms with Crippen molar-refractivity contribution in [2.75, 3.05) is 5.32 Å². The van der Waals surface area contributed by atoms with Gasteiger partial charge in [0.05, 0.1) is 20.8 Å². The molecular formula is C12H3Cl4F3N2O. The molecule has 0 unspecified atom stereocenters. The molecule has 2 rings (SSSR count). The molecule has 0 aliphatic heterocycles. The number of nitrogens with zero attached hydrogens (tertiary/aromatic N) is 1. The third-order valence-corrected chi connectivity index (χ3v) is 4.16. The molecule has 0 radical (unpaired) electrons. The van der Waals surface area contributed by atoms with Gasteiger partial charge < -0.3 is 5.32 Å². The number of halogens is 7. The molecule has 3 nitrogen and oxygen atoms in total. The molecular weight excluding hydrogens is 387 g/mol. The lowest BCUT2D eigenvalue weighted by atomic mass is 10.2. The molecule has 22 heavy (non-hydrogen) atoms. The monoisotopic (exact) mass is 388 g/mol. The van der Waals surface area contributed by atoms with Crippen molar-refractivity contribution in [3.63, 3.8) is 0 Å². The van der Waals surface area contributed by atoms with Crippen LogP contribution >= 0.6 is 46.4 Å². The van der Waals surface area contributed by atoms with Crippen molar-refractivity contribution < 1.29 is 18.0 Å². The van der Waals surface area contributed by atoms with Crippen molar-refractivity contribution >= 4 is 58.0 Å². The molecule has 2 aromatic rings. The summed E-state index contributed by atoms with van der Waals surface area (Å²) >= 11 is 22.9. The van der Waals surface area contributed by atoms with Crippen LogP contribution in [0.4, 0.5) is 18.9 Å². The van der Waals surface area contributed by atoms with Gasteiger partial charge in [0.25, 0.3) is 5.91 Å². The summed E-state index contributed by atoms with van der Waals surface area (Å²) in [4.78, 5) is 15.6. The first-order valence-corrected chi connectivity index (χ1v) is 6.90. The average molecular weight is 390 g/mol. The molecule has 1 aromatic heterocycles. The molecule has 0 spiro atoms. The van der Waals surface area contributed by atoms with Crippen LogP contribution in [-0.2, 0) is 0 Å². The quantitative estimate of drug-likeness (QED) is 0.554. The summed E-state index contributed by atoms with van der Waals surface area (Å²) in [7, 11) is 0. The van der Waals surface area contributed by atoms with Gasteiger partial charge in [0, 0.05) is 0 Å². The predicted octanol–water partition coefficient (Wildman–Crippen LogP) is 5.36. The largest absolute Gasteiger partial charge is 0.318 e. The van der Waals surface area contributed by atoms with Crippen LogP contribution in [-0.4, -0.2) is 10.9 Å². The molecule has 1 heterocycles. The molecule has 1 N–H and O–H groups in total. The summed E-state index contributed by atoms with van der Waals surface area (Å²) < 4.78 is 39.4. The highest BCUT2D eigenvalue weighted by molar-refractivity contribution is 6.52. The molecule has 0 fully saturated rings. The van der Waals surface area contributed by atoms with Crippen LogP contribution in [0.2, 0.25) is 20.2 Å². The molecule has 116 valence electrons. The summed E-state index contributed by atoms with van der Waals surface area (Å²) in [6.45, 7) is 0. The van der Waals surface area contributed by atoms with Crippen LogP contribution in [0, 0.1) is 17.5 Å². The Bertz CT molecular complexity index is 786. The molecule has 10 heteroatoms. The van der Waals surface area contributed by atoms with E-state index in [4.69, 9.17) is 46.4 Å². The molecule has 1 aromatic carbocycles. The zero-order chi connectivity index (χ0) is 16.6. The lowest BCUT2D eigenvalue weighted by Gasteiger charge is -2.10. The fraction of sp³-hybridized carbons (Fsp3) is 0. The van der Waals surface area contributed by atoms with E-state index < -0.39 is 34.7 Å². The summed E-state index contributed by atoms with van der Waals surface area (Å²) in [6.07, 6.45) is 0. The van der Waals surface area contributed by atoms with Gasteiger partial charge in [-0.1, -0.05) is 46.4 Å². The number of aromatic nitrogens is 1.